The summed E-state index contributed by atoms with van der Waals surface area (Å²) in [6.07, 6.45) is 4.40. The molecule has 0 radical (unpaired) electrons. The quantitative estimate of drug-likeness (QED) is 0.807. The van der Waals surface area contributed by atoms with Crippen molar-refractivity contribution in [1.29, 1.82) is 0 Å². The molecule has 8 heteroatoms. The number of carbonyl (C=O) groups is 1. The molecule has 0 bridgehead atoms. The molecule has 3 aliphatic rings. The molecule has 4 rings (SSSR count). The summed E-state index contributed by atoms with van der Waals surface area (Å²) in [7, 11) is 1.68. The van der Waals surface area contributed by atoms with Crippen molar-refractivity contribution in [3.8, 4) is 0 Å². The SMILES string of the molecule is COCC1C(NC(=O)c2cnc(N3CCOCC3)nc2)C2CCOC21. The predicted molar refractivity (Wildman–Crippen MR) is 89.5 cm³/mol. The largest absolute Gasteiger partial charge is 0.384 e. The molecule has 2 aliphatic heterocycles. The molecule has 4 unspecified atom stereocenters. The fraction of sp³-hybridized carbons (Fsp3) is 0.706. The van der Waals surface area contributed by atoms with Gasteiger partial charge in [-0.2, -0.15) is 0 Å². The van der Waals surface area contributed by atoms with Crippen LogP contribution >= 0.6 is 0 Å². The minimum atomic E-state index is -0.134. The number of anilines is 1. The lowest BCUT2D eigenvalue weighted by Gasteiger charge is -2.47. The molecule has 136 valence electrons. The van der Waals surface area contributed by atoms with Gasteiger partial charge < -0.3 is 24.4 Å². The maximum atomic E-state index is 12.6. The normalized spacial score (nSPS) is 31.3. The molecular formula is C17H24N4O4. The van der Waals surface area contributed by atoms with Gasteiger partial charge in [-0.05, 0) is 6.42 Å². The molecule has 4 atom stereocenters. The highest BCUT2D eigenvalue weighted by atomic mass is 16.5. The molecule has 3 heterocycles. The number of fused-ring (bicyclic) bond motifs is 1. The van der Waals surface area contributed by atoms with Gasteiger partial charge in [0.25, 0.3) is 5.91 Å². The molecule has 0 aromatic carbocycles. The Hall–Kier alpha value is -1.77. The summed E-state index contributed by atoms with van der Waals surface area (Å²) in [6.45, 7) is 4.26. The van der Waals surface area contributed by atoms with Crippen LogP contribution in [0.2, 0.25) is 0 Å². The van der Waals surface area contributed by atoms with Gasteiger partial charge in [0.2, 0.25) is 5.95 Å². The third-order valence-electron chi connectivity index (χ3n) is 5.38. The zero-order valence-corrected chi connectivity index (χ0v) is 14.4. The lowest BCUT2D eigenvalue weighted by atomic mass is 9.67. The second kappa shape index (κ2) is 7.23. The van der Waals surface area contributed by atoms with Gasteiger partial charge in [-0.25, -0.2) is 9.97 Å². The second-order valence-electron chi connectivity index (χ2n) is 6.78. The van der Waals surface area contributed by atoms with Crippen molar-refractivity contribution in [3.63, 3.8) is 0 Å². The van der Waals surface area contributed by atoms with E-state index in [1.54, 1.807) is 19.5 Å². The Morgan fingerprint density at radius 2 is 2.08 bits per heavy atom. The summed E-state index contributed by atoms with van der Waals surface area (Å²) in [5, 5.41) is 3.13. The average molecular weight is 348 g/mol. The van der Waals surface area contributed by atoms with E-state index >= 15 is 0 Å². The van der Waals surface area contributed by atoms with Gasteiger partial charge in [-0.1, -0.05) is 0 Å². The zero-order chi connectivity index (χ0) is 17.2. The monoisotopic (exact) mass is 348 g/mol. The number of nitrogens with one attached hydrogen (secondary N) is 1. The first-order chi connectivity index (χ1) is 12.3. The average Bonchev–Trinajstić information content (AvgIpc) is 3.09. The molecule has 1 saturated carbocycles. The van der Waals surface area contributed by atoms with Crippen molar-refractivity contribution in [3.05, 3.63) is 18.0 Å². The van der Waals surface area contributed by atoms with Crippen LogP contribution in [0.5, 0.6) is 0 Å². The van der Waals surface area contributed by atoms with Gasteiger partial charge in [-0.15, -0.1) is 0 Å². The molecule has 2 saturated heterocycles. The first kappa shape index (κ1) is 16.7. The fourth-order valence-electron chi connectivity index (χ4n) is 4.03. The second-order valence-corrected chi connectivity index (χ2v) is 6.78. The molecule has 1 N–H and O–H groups in total. The van der Waals surface area contributed by atoms with E-state index in [9.17, 15) is 4.79 Å². The smallest absolute Gasteiger partial charge is 0.254 e. The van der Waals surface area contributed by atoms with Crippen LogP contribution in [0, 0.1) is 11.8 Å². The van der Waals surface area contributed by atoms with E-state index in [1.807, 2.05) is 0 Å². The topological polar surface area (TPSA) is 85.8 Å². The van der Waals surface area contributed by atoms with Gasteiger partial charge in [0, 0.05) is 57.1 Å². The summed E-state index contributed by atoms with van der Waals surface area (Å²) in [5.74, 6) is 1.11. The molecule has 1 aliphatic carbocycles. The number of amides is 1. The molecule has 1 aromatic rings. The van der Waals surface area contributed by atoms with Crippen LogP contribution < -0.4 is 10.2 Å². The van der Waals surface area contributed by atoms with E-state index < -0.39 is 0 Å². The number of hydrogen-bond acceptors (Lipinski definition) is 7. The predicted octanol–water partition coefficient (Wildman–Crippen LogP) is 0.0929. The highest BCUT2D eigenvalue weighted by Crippen LogP contribution is 2.43. The van der Waals surface area contributed by atoms with Gasteiger partial charge in [-0.3, -0.25) is 4.79 Å². The fourth-order valence-corrected chi connectivity index (χ4v) is 4.03. The van der Waals surface area contributed by atoms with Gasteiger partial charge in [0.05, 0.1) is 31.5 Å². The van der Waals surface area contributed by atoms with Crippen LogP contribution in [0.3, 0.4) is 0 Å². The van der Waals surface area contributed by atoms with Crippen LogP contribution in [0.15, 0.2) is 12.4 Å². The number of nitrogens with zero attached hydrogens (tertiary/aromatic N) is 3. The summed E-state index contributed by atoms with van der Waals surface area (Å²) in [6, 6.07) is 0.0962. The molecule has 1 amide bonds. The molecule has 8 nitrogen and oxygen atoms in total. The van der Waals surface area contributed by atoms with Crippen LogP contribution in [-0.4, -0.2) is 74.6 Å². The standard InChI is InChI=1S/C17H24N4O4/c1-23-10-13-14(12-2-5-25-15(12)13)20-16(22)11-8-18-17(19-9-11)21-3-6-24-7-4-21/h8-9,12-15H,2-7,10H2,1H3,(H,20,22). The highest BCUT2D eigenvalue weighted by Gasteiger charge is 2.54. The summed E-state index contributed by atoms with van der Waals surface area (Å²) in [4.78, 5) is 23.3. The Morgan fingerprint density at radius 3 is 2.80 bits per heavy atom. The summed E-state index contributed by atoms with van der Waals surface area (Å²) in [5.41, 5.74) is 0.482. The highest BCUT2D eigenvalue weighted by molar-refractivity contribution is 5.94. The molecule has 3 fully saturated rings. The van der Waals surface area contributed by atoms with Crippen LogP contribution in [0.1, 0.15) is 16.8 Å². The van der Waals surface area contributed by atoms with Crippen molar-refractivity contribution in [1.82, 2.24) is 15.3 Å². The zero-order valence-electron chi connectivity index (χ0n) is 14.4. The Bertz CT molecular complexity index is 605. The van der Waals surface area contributed by atoms with Crippen molar-refractivity contribution >= 4 is 11.9 Å². The van der Waals surface area contributed by atoms with Crippen LogP contribution in [0.4, 0.5) is 5.95 Å². The van der Waals surface area contributed by atoms with Gasteiger partial charge >= 0.3 is 0 Å². The lowest BCUT2D eigenvalue weighted by molar-refractivity contribution is -0.0809. The van der Waals surface area contributed by atoms with E-state index in [4.69, 9.17) is 14.2 Å². The van der Waals surface area contributed by atoms with E-state index in [-0.39, 0.29) is 24.0 Å². The first-order valence-electron chi connectivity index (χ1n) is 8.84. The number of aromatic nitrogens is 2. The first-order valence-corrected chi connectivity index (χ1v) is 8.84. The van der Waals surface area contributed by atoms with Gasteiger partial charge in [0.1, 0.15) is 0 Å². The number of rotatable bonds is 5. The van der Waals surface area contributed by atoms with Crippen molar-refractivity contribution in [2.45, 2.75) is 18.6 Å². The number of methoxy groups -OCH3 is 1. The van der Waals surface area contributed by atoms with Crippen LogP contribution in [0.25, 0.3) is 0 Å². The summed E-state index contributed by atoms with van der Waals surface area (Å²) >= 11 is 0. The minimum Gasteiger partial charge on any atom is -0.384 e. The molecular weight excluding hydrogens is 324 g/mol. The van der Waals surface area contributed by atoms with Gasteiger partial charge in [0.15, 0.2) is 0 Å². The number of hydrogen-bond donors (Lipinski definition) is 1. The van der Waals surface area contributed by atoms with E-state index in [0.717, 1.165) is 26.1 Å². The third kappa shape index (κ3) is 3.21. The van der Waals surface area contributed by atoms with E-state index in [2.05, 4.69) is 20.2 Å². The molecule has 0 spiro atoms. The maximum absolute atomic E-state index is 12.6. The molecule has 1 aromatic heterocycles. The minimum absolute atomic E-state index is 0.0962. The van der Waals surface area contributed by atoms with Crippen molar-refractivity contribution in [2.75, 3.05) is 51.5 Å². The Balaban J connectivity index is 1.39. The maximum Gasteiger partial charge on any atom is 0.254 e. The van der Waals surface area contributed by atoms with Crippen LogP contribution in [-0.2, 0) is 14.2 Å². The Labute approximate surface area is 146 Å². The number of morpholine rings is 1. The van der Waals surface area contributed by atoms with E-state index in [0.29, 0.717) is 37.3 Å². The number of ether oxygens (including phenoxy) is 3. The lowest BCUT2D eigenvalue weighted by Crippen LogP contribution is -2.62. The third-order valence-corrected chi connectivity index (χ3v) is 5.38. The van der Waals surface area contributed by atoms with E-state index in [1.165, 1.54) is 0 Å². The number of carbonyl (C=O) groups excluding carboxylic acids is 1. The van der Waals surface area contributed by atoms with Crippen molar-refractivity contribution in [2.24, 2.45) is 11.8 Å². The van der Waals surface area contributed by atoms with Crippen molar-refractivity contribution < 1.29 is 19.0 Å². The Kier molecular flexibility index (Phi) is 4.82. The summed E-state index contributed by atoms with van der Waals surface area (Å²) < 4.78 is 16.4. The molecule has 25 heavy (non-hydrogen) atoms. The Morgan fingerprint density at radius 1 is 1.32 bits per heavy atom.